The van der Waals surface area contributed by atoms with Gasteiger partial charge in [0.1, 0.15) is 25.3 Å². The number of nitrogens with one attached hydrogen (secondary N) is 2. The van der Waals surface area contributed by atoms with Crippen LogP contribution in [0.1, 0.15) is 18.1 Å². The maximum atomic E-state index is 12.2. The summed E-state index contributed by atoms with van der Waals surface area (Å²) in [5.41, 5.74) is 1.60. The van der Waals surface area contributed by atoms with Crippen molar-refractivity contribution in [1.82, 2.24) is 10.6 Å². The smallest absolute Gasteiger partial charge is 0.408 e. The highest BCUT2D eigenvalue weighted by atomic mass is 16.5. The van der Waals surface area contributed by atoms with Crippen LogP contribution in [-0.2, 0) is 32.3 Å². The summed E-state index contributed by atoms with van der Waals surface area (Å²) in [6, 6.07) is 15.9. The first kappa shape index (κ1) is 21.9. The molecular weight excluding hydrogens is 376 g/mol. The van der Waals surface area contributed by atoms with E-state index in [1.165, 1.54) is 6.92 Å². The van der Waals surface area contributed by atoms with Gasteiger partial charge < -0.3 is 25.2 Å². The summed E-state index contributed by atoms with van der Waals surface area (Å²) in [7, 11) is 0. The Morgan fingerprint density at radius 3 is 1.90 bits per heavy atom. The fourth-order valence-electron chi connectivity index (χ4n) is 2.33. The molecule has 154 valence electrons. The van der Waals surface area contributed by atoms with Crippen molar-refractivity contribution in [2.75, 3.05) is 6.61 Å². The minimum Gasteiger partial charge on any atom is -0.459 e. The van der Waals surface area contributed by atoms with E-state index in [1.807, 2.05) is 36.4 Å². The molecule has 0 unspecified atom stereocenters. The number of rotatable bonds is 9. The molecule has 8 heteroatoms. The zero-order valence-corrected chi connectivity index (χ0v) is 16.0. The molecule has 0 aromatic heterocycles. The van der Waals surface area contributed by atoms with Crippen molar-refractivity contribution in [1.29, 1.82) is 0 Å². The number of ether oxygens (including phenoxy) is 2. The molecule has 0 aliphatic rings. The first-order chi connectivity index (χ1) is 14.0. The fourth-order valence-corrected chi connectivity index (χ4v) is 2.33. The van der Waals surface area contributed by atoms with Crippen LogP contribution in [0.3, 0.4) is 0 Å². The number of esters is 1. The Hall–Kier alpha value is -3.39. The molecule has 0 spiro atoms. The predicted molar refractivity (Wildman–Crippen MR) is 104 cm³/mol. The zero-order chi connectivity index (χ0) is 21.1. The fraction of sp³-hybridized carbons (Fsp3) is 0.286. The van der Waals surface area contributed by atoms with Crippen molar-refractivity contribution in [2.45, 2.75) is 32.2 Å². The standard InChI is InChI=1S/C21H24N2O6/c1-15(20(26)28-13-16-8-4-2-5-9-16)22-19(25)18(12-24)23-21(27)29-14-17-10-6-3-7-11-17/h2-11,15,18,24H,12-14H2,1H3,(H,22,25)(H,23,27)/t15-,18+/m0/s1. The van der Waals surface area contributed by atoms with Gasteiger partial charge in [0.25, 0.3) is 0 Å². The molecule has 2 amide bonds. The van der Waals surface area contributed by atoms with Gasteiger partial charge in [-0.3, -0.25) is 4.79 Å². The van der Waals surface area contributed by atoms with E-state index < -0.39 is 36.7 Å². The van der Waals surface area contributed by atoms with Crippen LogP contribution in [0, 0.1) is 0 Å². The van der Waals surface area contributed by atoms with Gasteiger partial charge in [-0.15, -0.1) is 0 Å². The summed E-state index contributed by atoms with van der Waals surface area (Å²) >= 11 is 0. The van der Waals surface area contributed by atoms with Crippen molar-refractivity contribution in [3.63, 3.8) is 0 Å². The summed E-state index contributed by atoms with van der Waals surface area (Å²) in [5.74, 6) is -1.36. The summed E-state index contributed by atoms with van der Waals surface area (Å²) in [4.78, 5) is 36.1. The first-order valence-corrected chi connectivity index (χ1v) is 9.08. The lowest BCUT2D eigenvalue weighted by Gasteiger charge is -2.19. The molecule has 0 radical (unpaired) electrons. The van der Waals surface area contributed by atoms with Crippen LogP contribution in [-0.4, -0.2) is 41.8 Å². The van der Waals surface area contributed by atoms with Gasteiger partial charge in [-0.25, -0.2) is 9.59 Å². The van der Waals surface area contributed by atoms with Crippen molar-refractivity contribution < 1.29 is 29.0 Å². The normalized spacial score (nSPS) is 12.3. The van der Waals surface area contributed by atoms with Crippen LogP contribution in [0.25, 0.3) is 0 Å². The minimum atomic E-state index is -1.26. The van der Waals surface area contributed by atoms with E-state index >= 15 is 0 Å². The van der Waals surface area contributed by atoms with Crippen LogP contribution in [0.5, 0.6) is 0 Å². The van der Waals surface area contributed by atoms with E-state index in [4.69, 9.17) is 9.47 Å². The number of alkyl carbamates (subject to hydrolysis) is 1. The van der Waals surface area contributed by atoms with Gasteiger partial charge in [0.05, 0.1) is 6.61 Å². The van der Waals surface area contributed by atoms with Gasteiger partial charge in [0.2, 0.25) is 5.91 Å². The summed E-state index contributed by atoms with van der Waals surface area (Å²) in [6.45, 7) is 0.896. The number of carbonyl (C=O) groups excluding carboxylic acids is 3. The number of carbonyl (C=O) groups is 3. The van der Waals surface area contributed by atoms with E-state index in [9.17, 15) is 19.5 Å². The second-order valence-corrected chi connectivity index (χ2v) is 6.26. The molecule has 0 aliphatic carbocycles. The van der Waals surface area contributed by atoms with Crippen LogP contribution in [0.15, 0.2) is 60.7 Å². The van der Waals surface area contributed by atoms with Gasteiger partial charge in [0, 0.05) is 0 Å². The predicted octanol–water partition coefficient (Wildman–Crippen LogP) is 1.52. The van der Waals surface area contributed by atoms with Crippen molar-refractivity contribution in [2.24, 2.45) is 0 Å². The summed E-state index contributed by atoms with van der Waals surface area (Å²) in [5, 5.41) is 14.1. The molecular formula is C21H24N2O6. The highest BCUT2D eigenvalue weighted by molar-refractivity contribution is 5.89. The third-order valence-corrected chi connectivity index (χ3v) is 3.94. The van der Waals surface area contributed by atoms with Crippen molar-refractivity contribution in [3.05, 3.63) is 71.8 Å². The lowest BCUT2D eigenvalue weighted by atomic mass is 10.2. The van der Waals surface area contributed by atoms with E-state index in [1.54, 1.807) is 24.3 Å². The third kappa shape index (κ3) is 7.63. The van der Waals surface area contributed by atoms with Gasteiger partial charge >= 0.3 is 12.1 Å². The minimum absolute atomic E-state index is 0.0225. The number of aliphatic hydroxyl groups excluding tert-OH is 1. The lowest BCUT2D eigenvalue weighted by Crippen LogP contribution is -2.52. The summed E-state index contributed by atoms with van der Waals surface area (Å²) in [6.07, 6.45) is -0.859. The molecule has 8 nitrogen and oxygen atoms in total. The molecule has 0 bridgehead atoms. The number of benzene rings is 2. The van der Waals surface area contributed by atoms with Crippen molar-refractivity contribution in [3.8, 4) is 0 Å². The van der Waals surface area contributed by atoms with Crippen LogP contribution in [0.2, 0.25) is 0 Å². The average Bonchev–Trinajstić information content (AvgIpc) is 2.75. The molecule has 0 heterocycles. The number of aliphatic hydroxyl groups is 1. The van der Waals surface area contributed by atoms with Crippen LogP contribution in [0.4, 0.5) is 4.79 Å². The highest BCUT2D eigenvalue weighted by Gasteiger charge is 2.25. The Morgan fingerprint density at radius 1 is 0.862 bits per heavy atom. The number of amides is 2. The molecule has 2 rings (SSSR count). The topological polar surface area (TPSA) is 114 Å². The molecule has 0 saturated heterocycles. The quantitative estimate of drug-likeness (QED) is 0.550. The molecule has 0 saturated carbocycles. The molecule has 2 aromatic rings. The maximum Gasteiger partial charge on any atom is 0.408 e. The Kier molecular flexibility index (Phi) is 8.65. The average molecular weight is 400 g/mol. The van der Waals surface area contributed by atoms with Crippen LogP contribution >= 0.6 is 0 Å². The SMILES string of the molecule is C[C@H](NC(=O)[C@@H](CO)NC(=O)OCc1ccccc1)C(=O)OCc1ccccc1. The number of hydrogen-bond acceptors (Lipinski definition) is 6. The van der Waals surface area contributed by atoms with Crippen LogP contribution < -0.4 is 10.6 Å². The van der Waals surface area contributed by atoms with E-state index in [0.29, 0.717) is 0 Å². The van der Waals surface area contributed by atoms with E-state index in [-0.39, 0.29) is 13.2 Å². The molecule has 29 heavy (non-hydrogen) atoms. The third-order valence-electron chi connectivity index (χ3n) is 3.94. The lowest BCUT2D eigenvalue weighted by molar-refractivity contribution is -0.148. The first-order valence-electron chi connectivity index (χ1n) is 9.08. The Labute approximate surface area is 168 Å². The maximum absolute atomic E-state index is 12.2. The largest absolute Gasteiger partial charge is 0.459 e. The highest BCUT2D eigenvalue weighted by Crippen LogP contribution is 2.03. The molecule has 0 aliphatic heterocycles. The van der Waals surface area contributed by atoms with Crippen molar-refractivity contribution >= 4 is 18.0 Å². The zero-order valence-electron chi connectivity index (χ0n) is 16.0. The van der Waals surface area contributed by atoms with E-state index in [0.717, 1.165) is 11.1 Å². The van der Waals surface area contributed by atoms with E-state index in [2.05, 4.69) is 10.6 Å². The Bertz CT molecular complexity index is 797. The Morgan fingerprint density at radius 2 is 1.38 bits per heavy atom. The second-order valence-electron chi connectivity index (χ2n) is 6.26. The monoisotopic (exact) mass is 400 g/mol. The molecule has 2 atom stereocenters. The van der Waals surface area contributed by atoms with Gasteiger partial charge in [-0.2, -0.15) is 0 Å². The van der Waals surface area contributed by atoms with Gasteiger partial charge in [0.15, 0.2) is 0 Å². The molecule has 2 aromatic carbocycles. The second kappa shape index (κ2) is 11.5. The Balaban J connectivity index is 1.76. The molecule has 0 fully saturated rings. The number of hydrogen-bond donors (Lipinski definition) is 3. The molecule has 3 N–H and O–H groups in total. The van der Waals surface area contributed by atoms with Gasteiger partial charge in [-0.05, 0) is 18.1 Å². The van der Waals surface area contributed by atoms with Gasteiger partial charge in [-0.1, -0.05) is 60.7 Å². The summed E-state index contributed by atoms with van der Waals surface area (Å²) < 4.78 is 10.2.